The Hall–Kier alpha value is -3.51. The average Bonchev–Trinajstić information content (AvgIpc) is 3.36. The number of nitrogens with zero attached hydrogens (tertiary/aromatic N) is 5. The molecule has 0 unspecified atom stereocenters. The number of rotatable bonds is 5. The molecular weight excluding hydrogens is 427 g/mol. The van der Waals surface area contributed by atoms with Gasteiger partial charge in [-0.2, -0.15) is 32.1 Å². The minimum atomic E-state index is -4.66. The summed E-state index contributed by atoms with van der Waals surface area (Å²) in [6, 6.07) is 4.75. The third kappa shape index (κ3) is 4.20. The van der Waals surface area contributed by atoms with Gasteiger partial charge in [0.05, 0.1) is 17.4 Å². The van der Waals surface area contributed by atoms with E-state index >= 15 is 0 Å². The van der Waals surface area contributed by atoms with Gasteiger partial charge in [-0.25, -0.2) is 4.98 Å². The van der Waals surface area contributed by atoms with Crippen molar-refractivity contribution in [3.63, 3.8) is 0 Å². The molecule has 4 rings (SSSR count). The Bertz CT molecular complexity index is 1120. The molecule has 164 valence electrons. The van der Waals surface area contributed by atoms with Crippen LogP contribution in [0.15, 0.2) is 30.5 Å². The standard InChI is InChI=1S/C18H15F5N6O2/c1-28-13(8-14(27-28)18(21,22)23)16(30)25-10-3-5-29-12(10)7-11(26-29)9-2-4-24-15(6-9)31-17(19)20/h2,4,6-8,10,17H,3,5H2,1H3,(H,25,30)/t10-/m0/s1. The normalized spacial score (nSPS) is 15.9. The van der Waals surface area contributed by atoms with Crippen LogP contribution in [0.2, 0.25) is 0 Å². The van der Waals surface area contributed by atoms with Gasteiger partial charge >= 0.3 is 12.8 Å². The first-order valence-corrected chi connectivity index (χ1v) is 9.03. The van der Waals surface area contributed by atoms with Gasteiger partial charge in [0.1, 0.15) is 5.69 Å². The molecule has 0 fully saturated rings. The molecule has 0 spiro atoms. The number of carbonyl (C=O) groups excluding carboxylic acids is 1. The van der Waals surface area contributed by atoms with Crippen molar-refractivity contribution in [3.05, 3.63) is 47.5 Å². The third-order valence-corrected chi connectivity index (χ3v) is 4.75. The highest BCUT2D eigenvalue weighted by Gasteiger charge is 2.36. The van der Waals surface area contributed by atoms with Crippen molar-refractivity contribution >= 4 is 5.91 Å². The summed E-state index contributed by atoms with van der Waals surface area (Å²) >= 11 is 0. The Labute approximate surface area is 171 Å². The van der Waals surface area contributed by atoms with Crippen LogP contribution in [-0.2, 0) is 19.8 Å². The number of aromatic nitrogens is 5. The summed E-state index contributed by atoms with van der Waals surface area (Å²) < 4.78 is 70.1. The van der Waals surface area contributed by atoms with Gasteiger partial charge in [0.2, 0.25) is 5.88 Å². The quantitative estimate of drug-likeness (QED) is 0.614. The summed E-state index contributed by atoms with van der Waals surface area (Å²) in [7, 11) is 1.25. The van der Waals surface area contributed by atoms with Crippen LogP contribution < -0.4 is 10.1 Å². The number of nitrogens with one attached hydrogen (secondary N) is 1. The molecule has 1 aliphatic rings. The lowest BCUT2D eigenvalue weighted by Crippen LogP contribution is -2.28. The van der Waals surface area contributed by atoms with Crippen LogP contribution in [0.25, 0.3) is 11.3 Å². The lowest BCUT2D eigenvalue weighted by molar-refractivity contribution is -0.141. The van der Waals surface area contributed by atoms with Crippen LogP contribution in [0, 0.1) is 0 Å². The molecule has 0 bridgehead atoms. The minimum Gasteiger partial charge on any atom is -0.417 e. The van der Waals surface area contributed by atoms with Gasteiger partial charge in [-0.15, -0.1) is 0 Å². The van der Waals surface area contributed by atoms with E-state index in [1.165, 1.54) is 19.3 Å². The van der Waals surface area contributed by atoms with E-state index < -0.39 is 30.4 Å². The van der Waals surface area contributed by atoms with E-state index in [9.17, 15) is 26.7 Å². The van der Waals surface area contributed by atoms with Crippen molar-refractivity contribution in [3.8, 4) is 17.1 Å². The van der Waals surface area contributed by atoms with Crippen LogP contribution in [0.1, 0.15) is 34.3 Å². The zero-order valence-corrected chi connectivity index (χ0v) is 15.9. The third-order valence-electron chi connectivity index (χ3n) is 4.75. The highest BCUT2D eigenvalue weighted by molar-refractivity contribution is 5.93. The topological polar surface area (TPSA) is 86.9 Å². The average molecular weight is 442 g/mol. The second-order valence-corrected chi connectivity index (χ2v) is 6.79. The number of fused-ring (bicyclic) bond motifs is 1. The number of carbonyl (C=O) groups is 1. The Morgan fingerprint density at radius 1 is 1.26 bits per heavy atom. The van der Waals surface area contributed by atoms with Crippen LogP contribution in [0.3, 0.4) is 0 Å². The summed E-state index contributed by atoms with van der Waals surface area (Å²) in [5.41, 5.74) is 0.191. The predicted molar refractivity (Wildman–Crippen MR) is 95.1 cm³/mol. The smallest absolute Gasteiger partial charge is 0.417 e. The van der Waals surface area contributed by atoms with Gasteiger partial charge in [0, 0.05) is 37.5 Å². The summed E-state index contributed by atoms with van der Waals surface area (Å²) in [5, 5.41) is 10.4. The van der Waals surface area contributed by atoms with Crippen molar-refractivity contribution in [2.45, 2.75) is 31.8 Å². The molecule has 13 heteroatoms. The van der Waals surface area contributed by atoms with Crippen molar-refractivity contribution in [2.75, 3.05) is 0 Å². The van der Waals surface area contributed by atoms with E-state index in [-0.39, 0.29) is 11.6 Å². The minimum absolute atomic E-state index is 0.228. The van der Waals surface area contributed by atoms with Crippen molar-refractivity contribution < 1.29 is 31.5 Å². The highest BCUT2D eigenvalue weighted by Crippen LogP contribution is 2.32. The summed E-state index contributed by atoms with van der Waals surface area (Å²) in [6.07, 6.45) is -2.86. The van der Waals surface area contributed by atoms with Gasteiger partial charge < -0.3 is 10.1 Å². The van der Waals surface area contributed by atoms with Crippen LogP contribution in [0.4, 0.5) is 22.0 Å². The van der Waals surface area contributed by atoms with E-state index in [0.29, 0.717) is 36.0 Å². The van der Waals surface area contributed by atoms with Gasteiger partial charge in [-0.3, -0.25) is 14.2 Å². The SMILES string of the molecule is Cn1nc(C(F)(F)F)cc1C(=O)N[C@H]1CCn2nc(-c3ccnc(OC(F)F)c3)cc21. The monoisotopic (exact) mass is 442 g/mol. The number of pyridine rings is 1. The zero-order valence-electron chi connectivity index (χ0n) is 15.9. The molecule has 8 nitrogen and oxygen atoms in total. The van der Waals surface area contributed by atoms with Gasteiger partial charge in [0.15, 0.2) is 5.69 Å². The first-order valence-electron chi connectivity index (χ1n) is 9.03. The zero-order chi connectivity index (χ0) is 22.3. The molecule has 1 aliphatic heterocycles. The molecule has 0 saturated heterocycles. The number of alkyl halides is 5. The fraction of sp³-hybridized carbons (Fsp3) is 0.333. The maximum absolute atomic E-state index is 12.8. The molecular formula is C18H15F5N6O2. The summed E-state index contributed by atoms with van der Waals surface area (Å²) in [5.74, 6) is -0.967. The lowest BCUT2D eigenvalue weighted by atomic mass is 10.1. The Morgan fingerprint density at radius 3 is 2.71 bits per heavy atom. The van der Waals surface area contributed by atoms with Crippen molar-refractivity contribution in [2.24, 2.45) is 7.05 Å². The van der Waals surface area contributed by atoms with Crippen molar-refractivity contribution in [1.82, 2.24) is 29.9 Å². The van der Waals surface area contributed by atoms with Gasteiger partial charge in [-0.05, 0) is 18.6 Å². The van der Waals surface area contributed by atoms with E-state index in [1.54, 1.807) is 16.8 Å². The second-order valence-electron chi connectivity index (χ2n) is 6.79. The largest absolute Gasteiger partial charge is 0.435 e. The van der Waals surface area contributed by atoms with E-state index in [2.05, 4.69) is 25.2 Å². The van der Waals surface area contributed by atoms with Crippen LogP contribution in [0.5, 0.6) is 5.88 Å². The molecule has 3 aromatic rings. The van der Waals surface area contributed by atoms with E-state index in [0.717, 1.165) is 4.68 Å². The first kappa shape index (κ1) is 20.8. The number of hydrogen-bond acceptors (Lipinski definition) is 5. The molecule has 31 heavy (non-hydrogen) atoms. The fourth-order valence-corrected chi connectivity index (χ4v) is 3.35. The van der Waals surface area contributed by atoms with Crippen molar-refractivity contribution in [1.29, 1.82) is 0 Å². The summed E-state index contributed by atoms with van der Waals surface area (Å²) in [4.78, 5) is 16.2. The maximum Gasteiger partial charge on any atom is 0.435 e. The number of hydrogen-bond donors (Lipinski definition) is 1. The Balaban J connectivity index is 1.53. The molecule has 3 aromatic heterocycles. The molecule has 1 atom stereocenters. The maximum atomic E-state index is 12.8. The second kappa shape index (κ2) is 7.63. The predicted octanol–water partition coefficient (Wildman–Crippen LogP) is 3.17. The molecule has 4 heterocycles. The highest BCUT2D eigenvalue weighted by atomic mass is 19.4. The molecule has 1 amide bonds. The van der Waals surface area contributed by atoms with Gasteiger partial charge in [-0.1, -0.05) is 0 Å². The molecule has 0 saturated carbocycles. The first-order chi connectivity index (χ1) is 14.6. The molecule has 1 N–H and O–H groups in total. The Kier molecular flexibility index (Phi) is 5.11. The lowest BCUT2D eigenvalue weighted by Gasteiger charge is -2.11. The Morgan fingerprint density at radius 2 is 2.03 bits per heavy atom. The molecule has 0 aliphatic carbocycles. The number of amides is 1. The van der Waals surface area contributed by atoms with Crippen LogP contribution >= 0.6 is 0 Å². The summed E-state index contributed by atoms with van der Waals surface area (Å²) in [6.45, 7) is -2.55. The van der Waals surface area contributed by atoms with Crippen LogP contribution in [-0.4, -0.2) is 37.1 Å². The number of halogens is 5. The van der Waals surface area contributed by atoms with Gasteiger partial charge in [0.25, 0.3) is 5.91 Å². The molecule has 0 radical (unpaired) electrons. The number of ether oxygens (including phenoxy) is 1. The number of aryl methyl sites for hydroxylation is 2. The fourth-order valence-electron chi connectivity index (χ4n) is 3.35. The van der Waals surface area contributed by atoms with E-state index in [4.69, 9.17) is 0 Å². The molecule has 0 aromatic carbocycles. The van der Waals surface area contributed by atoms with E-state index in [1.807, 2.05) is 0 Å².